The van der Waals surface area contributed by atoms with Crippen LogP contribution in [0.4, 0.5) is 20.2 Å². The summed E-state index contributed by atoms with van der Waals surface area (Å²) in [5.74, 6) is -2.57. The first-order valence-electron chi connectivity index (χ1n) is 13.3. The van der Waals surface area contributed by atoms with Gasteiger partial charge in [-0.1, -0.05) is 6.07 Å². The number of rotatable bonds is 5. The van der Waals surface area contributed by atoms with E-state index in [1.807, 2.05) is 16.8 Å². The highest BCUT2D eigenvalue weighted by Gasteiger charge is 2.54. The minimum Gasteiger partial charge on any atom is -0.379 e. The number of ether oxygens (including phenoxy) is 1. The Morgan fingerprint density at radius 2 is 1.90 bits per heavy atom. The summed E-state index contributed by atoms with van der Waals surface area (Å²) >= 11 is 0. The lowest BCUT2D eigenvalue weighted by molar-refractivity contribution is 0.102. The molecule has 2 aromatic heterocycles. The summed E-state index contributed by atoms with van der Waals surface area (Å²) in [5.41, 5.74) is 7.29. The lowest BCUT2D eigenvalue weighted by atomic mass is 10.0. The number of aromatic nitrogens is 4. The van der Waals surface area contributed by atoms with Crippen LogP contribution in [0.5, 0.6) is 0 Å². The molecular formula is C28H27F2N7O3. The summed E-state index contributed by atoms with van der Waals surface area (Å²) < 4.78 is 36.9. The molecule has 0 radical (unpaired) electrons. The number of hydrogen-bond donors (Lipinski definition) is 2. The first-order valence-corrected chi connectivity index (χ1v) is 13.3. The fraction of sp³-hybridized carbons (Fsp3) is 0.357. The monoisotopic (exact) mass is 547 g/mol. The molecule has 2 aliphatic heterocycles. The fourth-order valence-corrected chi connectivity index (χ4v) is 5.98. The highest BCUT2D eigenvalue weighted by atomic mass is 19.1. The quantitative estimate of drug-likeness (QED) is 0.394. The number of carbonyl (C=O) groups is 1. The summed E-state index contributed by atoms with van der Waals surface area (Å²) in [4.78, 5) is 28.1. The molecule has 1 saturated carbocycles. The molecule has 2 aromatic carbocycles. The predicted octanol–water partition coefficient (Wildman–Crippen LogP) is 3.00. The minimum absolute atomic E-state index is 0.0190. The molecule has 0 unspecified atom stereocenters. The molecule has 2 atom stereocenters. The average molecular weight is 548 g/mol. The van der Waals surface area contributed by atoms with Gasteiger partial charge in [0.05, 0.1) is 35.7 Å². The Kier molecular flexibility index (Phi) is 5.72. The second kappa shape index (κ2) is 9.20. The first-order chi connectivity index (χ1) is 19.3. The van der Waals surface area contributed by atoms with E-state index in [1.54, 1.807) is 6.20 Å². The van der Waals surface area contributed by atoms with Crippen molar-refractivity contribution in [3.05, 3.63) is 76.3 Å². The molecule has 1 aliphatic carbocycles. The Morgan fingerprint density at radius 1 is 1.10 bits per heavy atom. The van der Waals surface area contributed by atoms with E-state index in [0.717, 1.165) is 60.6 Å². The van der Waals surface area contributed by atoms with E-state index < -0.39 is 28.8 Å². The lowest BCUT2D eigenvalue weighted by Crippen LogP contribution is -2.30. The van der Waals surface area contributed by atoms with E-state index in [0.29, 0.717) is 30.1 Å². The van der Waals surface area contributed by atoms with Crippen LogP contribution in [0, 0.1) is 17.0 Å². The van der Waals surface area contributed by atoms with Gasteiger partial charge in [0.25, 0.3) is 11.5 Å². The van der Waals surface area contributed by atoms with Crippen molar-refractivity contribution in [2.24, 2.45) is 11.1 Å². The number of fused-ring (bicyclic) bond motifs is 1. The number of nitrogens with two attached hydrogens (primary N) is 1. The molecule has 2 saturated heterocycles. The normalized spacial score (nSPS) is 21.4. The van der Waals surface area contributed by atoms with Gasteiger partial charge in [0.15, 0.2) is 11.6 Å². The Balaban J connectivity index is 1.28. The van der Waals surface area contributed by atoms with Crippen LogP contribution < -0.4 is 21.5 Å². The van der Waals surface area contributed by atoms with Crippen LogP contribution >= 0.6 is 0 Å². The molecule has 40 heavy (non-hydrogen) atoms. The van der Waals surface area contributed by atoms with Crippen molar-refractivity contribution >= 4 is 28.2 Å². The molecule has 3 N–H and O–H groups in total. The molecule has 7 rings (SSSR count). The van der Waals surface area contributed by atoms with Gasteiger partial charge in [-0.2, -0.15) is 14.9 Å². The molecule has 10 nitrogen and oxygen atoms in total. The zero-order chi connectivity index (χ0) is 27.6. The minimum atomic E-state index is -0.969. The van der Waals surface area contributed by atoms with Crippen LogP contribution in [0.1, 0.15) is 35.8 Å². The van der Waals surface area contributed by atoms with E-state index in [4.69, 9.17) is 10.5 Å². The summed E-state index contributed by atoms with van der Waals surface area (Å²) in [5, 5.41) is 12.5. The number of anilines is 2. The molecule has 206 valence electrons. The second-order valence-corrected chi connectivity index (χ2v) is 10.8. The van der Waals surface area contributed by atoms with E-state index in [9.17, 15) is 18.4 Å². The highest BCUT2D eigenvalue weighted by molar-refractivity contribution is 6.09. The van der Waals surface area contributed by atoms with Gasteiger partial charge in [-0.15, -0.1) is 0 Å². The standard InChI is InChI=1S/C28H27F2N7O3/c29-18-2-1-3-19(30)26(18)37-24(38)7-5-21(34-37)27(39)33-20-4-6-22-17(12-32-36(22)16-8-11-40-14-16)25(20)35-13-23(31)28(15-35)9-10-28/h1-7,12,16,23H,8-11,13-15,31H2,(H,33,39)/t16-,23+/m1/s1. The Labute approximate surface area is 227 Å². The van der Waals surface area contributed by atoms with Crippen LogP contribution in [0.25, 0.3) is 16.6 Å². The van der Waals surface area contributed by atoms with Crippen molar-refractivity contribution in [2.45, 2.75) is 31.3 Å². The van der Waals surface area contributed by atoms with Crippen LogP contribution in [-0.2, 0) is 4.74 Å². The number of amides is 1. The number of halogens is 2. The van der Waals surface area contributed by atoms with Gasteiger partial charge in [0.2, 0.25) is 0 Å². The Bertz CT molecular complexity index is 1690. The molecule has 1 amide bonds. The number of nitrogens with zero attached hydrogens (tertiary/aromatic N) is 5. The number of benzene rings is 2. The smallest absolute Gasteiger partial charge is 0.276 e. The van der Waals surface area contributed by atoms with Crippen molar-refractivity contribution in [3.8, 4) is 5.69 Å². The van der Waals surface area contributed by atoms with E-state index >= 15 is 0 Å². The van der Waals surface area contributed by atoms with Gasteiger partial charge in [-0.25, -0.2) is 8.78 Å². The summed E-state index contributed by atoms with van der Waals surface area (Å²) in [6, 6.07) is 9.39. The van der Waals surface area contributed by atoms with Gasteiger partial charge in [0, 0.05) is 42.6 Å². The largest absolute Gasteiger partial charge is 0.379 e. The number of para-hydroxylation sites is 1. The van der Waals surface area contributed by atoms with Crippen LogP contribution in [0.15, 0.2) is 53.5 Å². The molecule has 0 bridgehead atoms. The third-order valence-electron chi connectivity index (χ3n) is 8.35. The Hall–Kier alpha value is -4.16. The second-order valence-electron chi connectivity index (χ2n) is 10.8. The summed E-state index contributed by atoms with van der Waals surface area (Å²) in [6.45, 7) is 2.67. The maximum Gasteiger partial charge on any atom is 0.276 e. The Morgan fingerprint density at radius 3 is 2.60 bits per heavy atom. The number of carbonyl (C=O) groups excluding carboxylic acids is 1. The highest BCUT2D eigenvalue weighted by Crippen LogP contribution is 2.54. The van der Waals surface area contributed by atoms with Gasteiger partial charge >= 0.3 is 0 Å². The molecule has 4 heterocycles. The molecule has 3 aliphatic rings. The van der Waals surface area contributed by atoms with Crippen molar-refractivity contribution in [2.75, 3.05) is 36.5 Å². The first kappa shape index (κ1) is 24.9. The van der Waals surface area contributed by atoms with Gasteiger partial charge in [-0.3, -0.25) is 14.3 Å². The van der Waals surface area contributed by atoms with E-state index in [2.05, 4.69) is 20.4 Å². The SMILES string of the molecule is N[C@H]1CN(c2c(NC(=O)c3ccc(=O)n(-c4c(F)cccc4F)n3)ccc3c2cnn3[C@@H]2CCOC2)CC12CC2. The van der Waals surface area contributed by atoms with Crippen molar-refractivity contribution < 1.29 is 18.3 Å². The van der Waals surface area contributed by atoms with Crippen LogP contribution in [-0.4, -0.2) is 57.8 Å². The fourth-order valence-electron chi connectivity index (χ4n) is 5.98. The van der Waals surface area contributed by atoms with Crippen LogP contribution in [0.3, 0.4) is 0 Å². The maximum atomic E-state index is 14.4. The maximum absolute atomic E-state index is 14.4. The zero-order valence-electron chi connectivity index (χ0n) is 21.5. The van der Waals surface area contributed by atoms with E-state index in [-0.39, 0.29) is 23.2 Å². The molecule has 12 heteroatoms. The number of nitrogens with one attached hydrogen (secondary N) is 1. The van der Waals surface area contributed by atoms with Crippen LogP contribution in [0.2, 0.25) is 0 Å². The van der Waals surface area contributed by atoms with Crippen molar-refractivity contribution in [1.29, 1.82) is 0 Å². The van der Waals surface area contributed by atoms with E-state index in [1.165, 1.54) is 12.1 Å². The van der Waals surface area contributed by atoms with Gasteiger partial charge < -0.3 is 20.7 Å². The third-order valence-corrected chi connectivity index (χ3v) is 8.35. The summed E-state index contributed by atoms with van der Waals surface area (Å²) in [7, 11) is 0. The topological polar surface area (TPSA) is 120 Å². The summed E-state index contributed by atoms with van der Waals surface area (Å²) in [6.07, 6.45) is 4.81. The molecule has 1 spiro atoms. The third kappa shape index (κ3) is 3.97. The van der Waals surface area contributed by atoms with Crippen molar-refractivity contribution in [1.82, 2.24) is 19.6 Å². The average Bonchev–Trinajstić information content (AvgIpc) is 3.24. The molecule has 3 fully saturated rings. The predicted molar refractivity (Wildman–Crippen MR) is 144 cm³/mol. The van der Waals surface area contributed by atoms with Crippen molar-refractivity contribution in [3.63, 3.8) is 0 Å². The number of hydrogen-bond acceptors (Lipinski definition) is 7. The molecular weight excluding hydrogens is 520 g/mol. The zero-order valence-corrected chi connectivity index (χ0v) is 21.5. The van der Waals surface area contributed by atoms with Gasteiger partial charge in [-0.05, 0) is 49.6 Å². The van der Waals surface area contributed by atoms with Gasteiger partial charge in [0.1, 0.15) is 11.4 Å². The molecule has 4 aromatic rings. The lowest BCUT2D eigenvalue weighted by Gasteiger charge is -2.24.